The maximum absolute atomic E-state index is 13.3. The summed E-state index contributed by atoms with van der Waals surface area (Å²) in [5.74, 6) is -0.645. The minimum atomic E-state index is -0.372. The van der Waals surface area contributed by atoms with Gasteiger partial charge in [0.15, 0.2) is 0 Å². The Balaban J connectivity index is 1.83. The number of benzene rings is 2. The standard InChI is InChI=1S/C21H19FN2O2/c1-26-21(25)14-7-10-18-15(11-14)12-19(23-17-3-2-4-17)20(24-18)13-5-8-16(22)9-6-13/h5-12,17,23H,2-4H2,1H3. The number of esters is 1. The van der Waals surface area contributed by atoms with Gasteiger partial charge < -0.3 is 10.1 Å². The minimum Gasteiger partial charge on any atom is -0.465 e. The molecule has 2 aromatic carbocycles. The highest BCUT2D eigenvalue weighted by atomic mass is 19.1. The number of nitrogens with zero attached hydrogens (tertiary/aromatic N) is 1. The van der Waals surface area contributed by atoms with E-state index in [4.69, 9.17) is 9.72 Å². The Labute approximate surface area is 151 Å². The molecule has 4 rings (SSSR count). The second-order valence-corrected chi connectivity index (χ2v) is 6.56. The molecule has 1 aliphatic carbocycles. The van der Waals surface area contributed by atoms with E-state index < -0.39 is 0 Å². The van der Waals surface area contributed by atoms with Gasteiger partial charge in [-0.3, -0.25) is 0 Å². The number of hydrogen-bond acceptors (Lipinski definition) is 4. The van der Waals surface area contributed by atoms with Gasteiger partial charge in [0.2, 0.25) is 0 Å². The van der Waals surface area contributed by atoms with Crippen LogP contribution in [0.5, 0.6) is 0 Å². The van der Waals surface area contributed by atoms with Crippen molar-refractivity contribution in [1.29, 1.82) is 0 Å². The molecule has 1 heterocycles. The molecular formula is C21H19FN2O2. The second-order valence-electron chi connectivity index (χ2n) is 6.56. The van der Waals surface area contributed by atoms with Gasteiger partial charge in [-0.15, -0.1) is 0 Å². The fourth-order valence-corrected chi connectivity index (χ4v) is 3.13. The number of methoxy groups -OCH3 is 1. The summed E-state index contributed by atoms with van der Waals surface area (Å²) < 4.78 is 18.1. The maximum atomic E-state index is 13.3. The van der Waals surface area contributed by atoms with E-state index in [2.05, 4.69) is 5.32 Å². The van der Waals surface area contributed by atoms with Crippen LogP contribution in [0.25, 0.3) is 22.2 Å². The van der Waals surface area contributed by atoms with Crippen LogP contribution in [0.2, 0.25) is 0 Å². The monoisotopic (exact) mass is 350 g/mol. The van der Waals surface area contributed by atoms with Crippen LogP contribution in [0.3, 0.4) is 0 Å². The number of hydrogen-bond donors (Lipinski definition) is 1. The van der Waals surface area contributed by atoms with E-state index in [1.807, 2.05) is 12.1 Å². The Morgan fingerprint density at radius 2 is 1.92 bits per heavy atom. The highest BCUT2D eigenvalue weighted by Gasteiger charge is 2.20. The first-order valence-corrected chi connectivity index (χ1v) is 8.69. The molecule has 0 atom stereocenters. The molecule has 1 aromatic heterocycles. The molecule has 0 spiro atoms. The minimum absolute atomic E-state index is 0.272. The van der Waals surface area contributed by atoms with Crippen LogP contribution in [-0.4, -0.2) is 24.1 Å². The summed E-state index contributed by atoms with van der Waals surface area (Å²) in [6, 6.07) is 14.1. The molecule has 1 saturated carbocycles. The van der Waals surface area contributed by atoms with Gasteiger partial charge in [-0.05, 0) is 67.8 Å². The van der Waals surface area contributed by atoms with Gasteiger partial charge >= 0.3 is 5.97 Å². The predicted octanol–water partition coefficient (Wildman–Crippen LogP) is 4.79. The second kappa shape index (κ2) is 6.75. The zero-order valence-electron chi connectivity index (χ0n) is 14.5. The number of carbonyl (C=O) groups excluding carboxylic acids is 1. The lowest BCUT2D eigenvalue weighted by molar-refractivity contribution is 0.0601. The van der Waals surface area contributed by atoms with Crippen LogP contribution in [-0.2, 0) is 4.74 Å². The molecule has 0 saturated heterocycles. The van der Waals surface area contributed by atoms with Crippen molar-refractivity contribution < 1.29 is 13.9 Å². The molecule has 3 aromatic rings. The van der Waals surface area contributed by atoms with Crippen LogP contribution in [0.4, 0.5) is 10.1 Å². The van der Waals surface area contributed by atoms with Crippen LogP contribution >= 0.6 is 0 Å². The van der Waals surface area contributed by atoms with E-state index >= 15 is 0 Å². The quantitative estimate of drug-likeness (QED) is 0.687. The van der Waals surface area contributed by atoms with Crippen molar-refractivity contribution in [2.75, 3.05) is 12.4 Å². The molecule has 132 valence electrons. The molecule has 0 bridgehead atoms. The van der Waals surface area contributed by atoms with E-state index in [0.717, 1.165) is 40.7 Å². The fraction of sp³-hybridized carbons (Fsp3) is 0.238. The zero-order chi connectivity index (χ0) is 18.1. The van der Waals surface area contributed by atoms with Gasteiger partial charge in [-0.25, -0.2) is 14.2 Å². The highest BCUT2D eigenvalue weighted by Crippen LogP contribution is 2.33. The Morgan fingerprint density at radius 1 is 1.15 bits per heavy atom. The van der Waals surface area contributed by atoms with Crippen LogP contribution in [0.15, 0.2) is 48.5 Å². The Morgan fingerprint density at radius 3 is 2.58 bits per heavy atom. The lowest BCUT2D eigenvalue weighted by atomic mass is 9.92. The molecule has 0 aliphatic heterocycles. The van der Waals surface area contributed by atoms with E-state index in [9.17, 15) is 9.18 Å². The van der Waals surface area contributed by atoms with E-state index in [1.165, 1.54) is 25.7 Å². The number of fused-ring (bicyclic) bond motifs is 1. The highest BCUT2D eigenvalue weighted by molar-refractivity contribution is 5.96. The summed E-state index contributed by atoms with van der Waals surface area (Å²) in [5.41, 5.74) is 3.81. The van der Waals surface area contributed by atoms with Crippen molar-refractivity contribution >= 4 is 22.6 Å². The number of anilines is 1. The lowest BCUT2D eigenvalue weighted by Crippen LogP contribution is -2.27. The average Bonchev–Trinajstić information content (AvgIpc) is 2.63. The Kier molecular flexibility index (Phi) is 4.29. The van der Waals surface area contributed by atoms with Crippen molar-refractivity contribution in [3.63, 3.8) is 0 Å². The first-order chi connectivity index (χ1) is 12.6. The third-order valence-corrected chi connectivity index (χ3v) is 4.82. The summed E-state index contributed by atoms with van der Waals surface area (Å²) in [6.45, 7) is 0. The van der Waals surface area contributed by atoms with E-state index in [-0.39, 0.29) is 11.8 Å². The van der Waals surface area contributed by atoms with Gasteiger partial charge in [-0.1, -0.05) is 0 Å². The molecule has 0 amide bonds. The summed E-state index contributed by atoms with van der Waals surface area (Å²) in [6.07, 6.45) is 3.48. The molecule has 1 fully saturated rings. The van der Waals surface area contributed by atoms with E-state index in [1.54, 1.807) is 24.3 Å². The van der Waals surface area contributed by atoms with Crippen molar-refractivity contribution in [1.82, 2.24) is 4.98 Å². The number of halogens is 1. The zero-order valence-corrected chi connectivity index (χ0v) is 14.5. The largest absolute Gasteiger partial charge is 0.465 e. The van der Waals surface area contributed by atoms with Crippen LogP contribution in [0.1, 0.15) is 29.6 Å². The van der Waals surface area contributed by atoms with Gasteiger partial charge in [0, 0.05) is 17.0 Å². The average molecular weight is 350 g/mol. The number of rotatable bonds is 4. The smallest absolute Gasteiger partial charge is 0.337 e. The molecule has 0 unspecified atom stereocenters. The maximum Gasteiger partial charge on any atom is 0.337 e. The normalized spacial score (nSPS) is 14.1. The van der Waals surface area contributed by atoms with Gasteiger partial charge in [-0.2, -0.15) is 0 Å². The molecule has 1 aliphatic rings. The van der Waals surface area contributed by atoms with Crippen LogP contribution in [0, 0.1) is 5.82 Å². The fourth-order valence-electron chi connectivity index (χ4n) is 3.13. The van der Waals surface area contributed by atoms with Crippen molar-refractivity contribution in [2.45, 2.75) is 25.3 Å². The lowest BCUT2D eigenvalue weighted by Gasteiger charge is -2.28. The first kappa shape index (κ1) is 16.5. The number of pyridine rings is 1. The molecule has 5 heteroatoms. The molecular weight excluding hydrogens is 331 g/mol. The molecule has 1 N–H and O–H groups in total. The Bertz CT molecular complexity index is 966. The molecule has 0 radical (unpaired) electrons. The number of ether oxygens (including phenoxy) is 1. The predicted molar refractivity (Wildman–Crippen MR) is 99.7 cm³/mol. The third kappa shape index (κ3) is 3.12. The first-order valence-electron chi connectivity index (χ1n) is 8.69. The summed E-state index contributed by atoms with van der Waals surface area (Å²) >= 11 is 0. The van der Waals surface area contributed by atoms with Crippen LogP contribution < -0.4 is 5.32 Å². The van der Waals surface area contributed by atoms with Crippen molar-refractivity contribution in [3.05, 3.63) is 59.9 Å². The molecule has 4 nitrogen and oxygen atoms in total. The summed E-state index contributed by atoms with van der Waals surface area (Å²) in [7, 11) is 1.37. The van der Waals surface area contributed by atoms with Crippen molar-refractivity contribution in [3.8, 4) is 11.3 Å². The summed E-state index contributed by atoms with van der Waals surface area (Å²) in [5, 5.41) is 4.40. The van der Waals surface area contributed by atoms with Gasteiger partial charge in [0.05, 0.1) is 29.6 Å². The third-order valence-electron chi connectivity index (χ3n) is 4.82. The molecule has 26 heavy (non-hydrogen) atoms. The summed E-state index contributed by atoms with van der Waals surface area (Å²) in [4.78, 5) is 16.6. The topological polar surface area (TPSA) is 51.2 Å². The number of aromatic nitrogens is 1. The van der Waals surface area contributed by atoms with Gasteiger partial charge in [0.1, 0.15) is 5.82 Å². The van der Waals surface area contributed by atoms with Crippen molar-refractivity contribution in [2.24, 2.45) is 0 Å². The Hall–Kier alpha value is -2.95. The SMILES string of the molecule is COC(=O)c1ccc2nc(-c3ccc(F)cc3)c(NC3CCC3)cc2c1. The van der Waals surface area contributed by atoms with E-state index in [0.29, 0.717) is 11.6 Å². The number of nitrogens with one attached hydrogen (secondary N) is 1. The van der Waals surface area contributed by atoms with Gasteiger partial charge in [0.25, 0.3) is 0 Å². The number of carbonyl (C=O) groups is 1.